The van der Waals surface area contributed by atoms with E-state index >= 15 is 0 Å². The molecule has 0 unspecified atom stereocenters. The van der Waals surface area contributed by atoms with Crippen LogP contribution in [0.1, 0.15) is 0 Å². The Kier molecular flexibility index (Phi) is 3.71. The van der Waals surface area contributed by atoms with E-state index < -0.39 is 4.92 Å². The summed E-state index contributed by atoms with van der Waals surface area (Å²) in [4.78, 5) is 9.74. The summed E-state index contributed by atoms with van der Waals surface area (Å²) in [6, 6.07) is 1.38. The van der Waals surface area contributed by atoms with Crippen molar-refractivity contribution >= 4 is 17.6 Å². The minimum atomic E-state index is -0.510. The molecular weight excluding hydrogens is 192 g/mol. The van der Waals surface area contributed by atoms with E-state index in [1.807, 2.05) is 0 Å². The van der Waals surface area contributed by atoms with Crippen LogP contribution in [0, 0.1) is 10.1 Å². The van der Waals surface area contributed by atoms with Crippen LogP contribution in [0.3, 0.4) is 0 Å². The molecular formula is C6H10N4O2S. The summed E-state index contributed by atoms with van der Waals surface area (Å²) in [5.74, 6) is 1.31. The maximum atomic E-state index is 10.2. The third-order valence-electron chi connectivity index (χ3n) is 1.30. The van der Waals surface area contributed by atoms with Gasteiger partial charge in [-0.3, -0.25) is 0 Å². The molecule has 6 nitrogen and oxygen atoms in total. The summed E-state index contributed by atoms with van der Waals surface area (Å²) >= 11 is 1.58. The molecule has 0 spiro atoms. The fraction of sp³-hybridized carbons (Fsp3) is 0.500. The second-order valence-electron chi connectivity index (χ2n) is 2.30. The van der Waals surface area contributed by atoms with Gasteiger partial charge < -0.3 is 15.8 Å². The number of hydrogen-bond acceptors (Lipinski definition) is 5. The largest absolute Gasteiger partial charge is 0.389 e. The lowest BCUT2D eigenvalue weighted by Crippen LogP contribution is -2.04. The Labute approximate surface area is 79.2 Å². The molecule has 13 heavy (non-hydrogen) atoms. The molecule has 0 fully saturated rings. The van der Waals surface area contributed by atoms with Crippen molar-refractivity contribution < 1.29 is 4.92 Å². The van der Waals surface area contributed by atoms with Gasteiger partial charge in [-0.25, -0.2) is 0 Å². The van der Waals surface area contributed by atoms with Gasteiger partial charge >= 0.3 is 5.82 Å². The van der Waals surface area contributed by atoms with Crippen LogP contribution in [0.5, 0.6) is 0 Å². The Morgan fingerprint density at radius 2 is 2.54 bits per heavy atom. The minimum absolute atomic E-state index is 0.117. The molecule has 0 bridgehead atoms. The number of thioether (sulfide) groups is 1. The van der Waals surface area contributed by atoms with Crippen LogP contribution < -0.4 is 5.73 Å². The van der Waals surface area contributed by atoms with Crippen LogP contribution in [-0.2, 0) is 5.88 Å². The van der Waals surface area contributed by atoms with Crippen LogP contribution in [-0.4, -0.2) is 27.0 Å². The highest BCUT2D eigenvalue weighted by atomic mass is 32.2. The van der Waals surface area contributed by atoms with Crippen molar-refractivity contribution in [2.75, 3.05) is 12.3 Å². The summed E-state index contributed by atoms with van der Waals surface area (Å²) < 4.78 is 1.53. The van der Waals surface area contributed by atoms with Crippen molar-refractivity contribution in [1.82, 2.24) is 9.78 Å². The average Bonchev–Trinajstić information content (AvgIpc) is 2.53. The smallest absolute Gasteiger partial charge is 0.358 e. The predicted octanol–water partition coefficient (Wildman–Crippen LogP) is 0.441. The van der Waals surface area contributed by atoms with E-state index in [4.69, 9.17) is 5.73 Å². The Hall–Kier alpha value is -1.08. The summed E-state index contributed by atoms with van der Waals surface area (Å²) in [6.07, 6.45) is 1.58. The zero-order valence-corrected chi connectivity index (χ0v) is 7.74. The lowest BCUT2D eigenvalue weighted by molar-refractivity contribution is -0.389. The summed E-state index contributed by atoms with van der Waals surface area (Å²) in [5.41, 5.74) is 5.29. The molecule has 0 amide bonds. The van der Waals surface area contributed by atoms with Gasteiger partial charge in [0, 0.05) is 12.3 Å². The van der Waals surface area contributed by atoms with Gasteiger partial charge in [0.15, 0.2) is 0 Å². The minimum Gasteiger partial charge on any atom is -0.358 e. The molecule has 0 aliphatic rings. The number of nitrogens with zero attached hydrogens (tertiary/aromatic N) is 3. The van der Waals surface area contributed by atoms with Crippen LogP contribution in [0.4, 0.5) is 5.82 Å². The number of nitrogens with two attached hydrogens (primary N) is 1. The Morgan fingerprint density at radius 1 is 1.77 bits per heavy atom. The van der Waals surface area contributed by atoms with Crippen molar-refractivity contribution in [2.24, 2.45) is 5.73 Å². The second-order valence-corrected chi connectivity index (χ2v) is 3.37. The first-order valence-corrected chi connectivity index (χ1v) is 4.85. The molecule has 0 aromatic carbocycles. The monoisotopic (exact) mass is 202 g/mol. The van der Waals surface area contributed by atoms with Crippen LogP contribution in [0.25, 0.3) is 0 Å². The standard InChI is InChI=1S/C6H10N4O2S/c7-2-4-13-5-9-3-1-6(8-9)10(11)12/h1,3H,2,4-5,7H2. The highest BCUT2D eigenvalue weighted by molar-refractivity contribution is 7.98. The summed E-state index contributed by atoms with van der Waals surface area (Å²) in [5, 5.41) is 14.0. The molecule has 7 heteroatoms. The van der Waals surface area contributed by atoms with Gasteiger partial charge in [-0.2, -0.15) is 4.68 Å². The zero-order valence-electron chi connectivity index (χ0n) is 6.92. The first kappa shape index (κ1) is 10.0. The number of nitro groups is 1. The average molecular weight is 202 g/mol. The molecule has 0 saturated heterocycles. The van der Waals surface area contributed by atoms with Gasteiger partial charge in [-0.05, 0) is 4.92 Å². The van der Waals surface area contributed by atoms with Crippen LogP contribution in [0.2, 0.25) is 0 Å². The fourth-order valence-electron chi connectivity index (χ4n) is 0.762. The molecule has 0 aliphatic carbocycles. The van der Waals surface area contributed by atoms with E-state index in [9.17, 15) is 10.1 Å². The lowest BCUT2D eigenvalue weighted by Gasteiger charge is -1.94. The zero-order chi connectivity index (χ0) is 9.68. The molecule has 2 N–H and O–H groups in total. The van der Waals surface area contributed by atoms with E-state index in [1.54, 1.807) is 18.0 Å². The molecule has 1 rings (SSSR count). The molecule has 0 saturated carbocycles. The molecule has 1 aromatic heterocycles. The van der Waals surface area contributed by atoms with Gasteiger partial charge in [0.2, 0.25) is 0 Å². The Morgan fingerprint density at radius 3 is 3.08 bits per heavy atom. The maximum Gasteiger partial charge on any atom is 0.389 e. The topological polar surface area (TPSA) is 87.0 Å². The Balaban J connectivity index is 2.44. The fourth-order valence-corrected chi connectivity index (χ4v) is 1.39. The number of aromatic nitrogens is 2. The maximum absolute atomic E-state index is 10.2. The van der Waals surface area contributed by atoms with E-state index in [-0.39, 0.29) is 5.82 Å². The third kappa shape index (κ3) is 3.03. The molecule has 0 radical (unpaired) electrons. The van der Waals surface area contributed by atoms with Gasteiger partial charge in [0.25, 0.3) is 0 Å². The normalized spacial score (nSPS) is 10.2. The van der Waals surface area contributed by atoms with Crippen LogP contribution in [0.15, 0.2) is 12.3 Å². The van der Waals surface area contributed by atoms with Gasteiger partial charge in [0.1, 0.15) is 5.88 Å². The third-order valence-corrected chi connectivity index (χ3v) is 2.27. The van der Waals surface area contributed by atoms with Gasteiger partial charge in [0.05, 0.1) is 17.4 Å². The molecule has 1 heterocycles. The summed E-state index contributed by atoms with van der Waals surface area (Å²) in [6.45, 7) is 0.605. The number of rotatable bonds is 5. The van der Waals surface area contributed by atoms with Crippen molar-refractivity contribution in [3.8, 4) is 0 Å². The highest BCUT2D eigenvalue weighted by Crippen LogP contribution is 2.08. The highest BCUT2D eigenvalue weighted by Gasteiger charge is 2.09. The van der Waals surface area contributed by atoms with Crippen molar-refractivity contribution in [3.63, 3.8) is 0 Å². The summed E-state index contributed by atoms with van der Waals surface area (Å²) in [7, 11) is 0. The SMILES string of the molecule is NCCSCn1ccc([N+](=O)[O-])n1. The van der Waals surface area contributed by atoms with Gasteiger partial charge in [-0.1, -0.05) is 0 Å². The molecule has 1 aromatic rings. The molecule has 0 aliphatic heterocycles. The lowest BCUT2D eigenvalue weighted by atomic mass is 10.7. The van der Waals surface area contributed by atoms with E-state index in [0.29, 0.717) is 12.4 Å². The number of hydrogen-bond donors (Lipinski definition) is 1. The first-order valence-electron chi connectivity index (χ1n) is 3.69. The molecule has 72 valence electrons. The van der Waals surface area contributed by atoms with Crippen molar-refractivity contribution in [2.45, 2.75) is 5.88 Å². The Bertz CT molecular complexity index is 288. The first-order chi connectivity index (χ1) is 6.24. The van der Waals surface area contributed by atoms with Gasteiger partial charge in [-0.15, -0.1) is 11.8 Å². The predicted molar refractivity (Wildman–Crippen MR) is 50.4 cm³/mol. The van der Waals surface area contributed by atoms with Crippen LogP contribution >= 0.6 is 11.8 Å². The van der Waals surface area contributed by atoms with E-state index in [2.05, 4.69) is 5.10 Å². The second kappa shape index (κ2) is 4.83. The van der Waals surface area contributed by atoms with Crippen molar-refractivity contribution in [3.05, 3.63) is 22.4 Å². The van der Waals surface area contributed by atoms with E-state index in [0.717, 1.165) is 5.75 Å². The van der Waals surface area contributed by atoms with E-state index in [1.165, 1.54) is 10.7 Å². The molecule has 0 atom stereocenters. The van der Waals surface area contributed by atoms with Crippen molar-refractivity contribution in [1.29, 1.82) is 0 Å². The quantitative estimate of drug-likeness (QED) is 0.425.